The number of benzene rings is 1. The van der Waals surface area contributed by atoms with Crippen molar-refractivity contribution in [1.82, 2.24) is 14.8 Å². The van der Waals surface area contributed by atoms with E-state index in [-0.39, 0.29) is 20.7 Å². The molecule has 1 aromatic heterocycles. The molecule has 0 spiro atoms. The highest BCUT2D eigenvalue weighted by Crippen LogP contribution is 2.42. The molecule has 160 valence electrons. The van der Waals surface area contributed by atoms with Crippen LogP contribution in [-0.2, 0) is 0 Å². The van der Waals surface area contributed by atoms with Gasteiger partial charge in [0, 0.05) is 35.9 Å². The lowest BCUT2D eigenvalue weighted by molar-refractivity contribution is 0.152. The summed E-state index contributed by atoms with van der Waals surface area (Å²) in [6.45, 7) is 6.69. The Hall–Kier alpha value is -1.51. The van der Waals surface area contributed by atoms with Gasteiger partial charge in [-0.3, -0.25) is 9.88 Å². The van der Waals surface area contributed by atoms with Crippen molar-refractivity contribution in [2.24, 2.45) is 0 Å². The predicted molar refractivity (Wildman–Crippen MR) is 135 cm³/mol. The lowest BCUT2D eigenvalue weighted by atomic mass is 9.93. The van der Waals surface area contributed by atoms with Gasteiger partial charge in [0.25, 0.3) is 0 Å². The summed E-state index contributed by atoms with van der Waals surface area (Å²) in [7, 11) is 4.53. The summed E-state index contributed by atoms with van der Waals surface area (Å²) in [5.41, 5.74) is 5.34. The Bertz CT molecular complexity index is 950. The number of rotatable bonds is 3. The number of hydrogen-bond acceptors (Lipinski definition) is 5. The highest BCUT2D eigenvalue weighted by molar-refractivity contribution is 14.2. The van der Waals surface area contributed by atoms with Crippen LogP contribution in [-0.4, -0.2) is 64.7 Å². The topological polar surface area (TPSA) is 34.6 Å². The van der Waals surface area contributed by atoms with Crippen LogP contribution in [0.4, 0.5) is 11.4 Å². The van der Waals surface area contributed by atoms with Gasteiger partial charge in [-0.1, -0.05) is 26.8 Å². The van der Waals surface area contributed by atoms with E-state index in [4.69, 9.17) is 4.98 Å². The summed E-state index contributed by atoms with van der Waals surface area (Å²) in [6.07, 6.45) is 5.69. The second-order valence-electron chi connectivity index (χ2n) is 8.88. The van der Waals surface area contributed by atoms with Crippen LogP contribution in [0.2, 0.25) is 0 Å². The number of nitrogens with zero attached hydrogens (tertiary/aromatic N) is 4. The van der Waals surface area contributed by atoms with Crippen LogP contribution in [0.25, 0.3) is 0 Å². The van der Waals surface area contributed by atoms with Crippen molar-refractivity contribution >= 4 is 35.7 Å². The smallest absolute Gasteiger partial charge is 0.0755 e. The van der Waals surface area contributed by atoms with Crippen molar-refractivity contribution in [3.8, 4) is 0 Å². The molecule has 4 heterocycles. The average Bonchev–Trinajstić information content (AvgIpc) is 3.19. The molecule has 0 amide bonds. The molecule has 5 nitrogen and oxygen atoms in total. The van der Waals surface area contributed by atoms with E-state index in [9.17, 15) is 0 Å². The third-order valence-electron chi connectivity index (χ3n) is 6.79. The molecule has 3 aliphatic rings. The largest absolute Gasteiger partial charge is 0.367 e. The summed E-state index contributed by atoms with van der Waals surface area (Å²) in [4.78, 5) is 12.3. The SMILES string of the molecule is Cc1ccnc([C@@H]2CCC[C@H](C3=Ic4cccc(N5CCN(C)CC5)c4N3)N2C)c1. The molecular weight excluding hydrogens is 485 g/mol. The number of aryl methyl sites for hydroxylation is 1. The van der Waals surface area contributed by atoms with Gasteiger partial charge in [-0.2, -0.15) is 0 Å². The first kappa shape index (κ1) is 20.4. The first-order valence-electron chi connectivity index (χ1n) is 11.1. The molecule has 0 aliphatic carbocycles. The monoisotopic (exact) mass is 517 g/mol. The predicted octanol–water partition coefficient (Wildman–Crippen LogP) is 4.06. The van der Waals surface area contributed by atoms with E-state index in [0.717, 1.165) is 26.2 Å². The van der Waals surface area contributed by atoms with Crippen molar-refractivity contribution in [2.75, 3.05) is 50.5 Å². The number of anilines is 2. The van der Waals surface area contributed by atoms with E-state index < -0.39 is 0 Å². The van der Waals surface area contributed by atoms with Crippen LogP contribution in [0.15, 0.2) is 36.5 Å². The minimum absolute atomic E-state index is 0.134. The standard InChI is InChI=1S/C24H32IN5/c1-17-10-11-26-19(16-17)20-7-5-9-22(29(20)3)24-25-18-6-4-8-21(23(18)27-24)30-14-12-28(2)13-15-30/h4,6,8,10-11,16,20,22,27H,5,7,9,12-15H2,1-3H3/t20-,22+/m0/s1. The molecule has 1 aromatic carbocycles. The van der Waals surface area contributed by atoms with E-state index in [1.165, 1.54) is 41.9 Å². The second kappa shape index (κ2) is 8.55. The molecule has 0 saturated carbocycles. The van der Waals surface area contributed by atoms with Crippen LogP contribution in [0.1, 0.15) is 36.6 Å². The Balaban J connectivity index is 1.37. The zero-order valence-electron chi connectivity index (χ0n) is 18.2. The van der Waals surface area contributed by atoms with Gasteiger partial charge in [0.15, 0.2) is 0 Å². The number of likely N-dealkylation sites (tertiary alicyclic amines) is 1. The Kier molecular flexibility index (Phi) is 5.82. The summed E-state index contributed by atoms with van der Waals surface area (Å²) < 4.78 is 3.13. The number of halogens is 1. The lowest BCUT2D eigenvalue weighted by Gasteiger charge is -2.40. The number of piperazine rings is 1. The Morgan fingerprint density at radius 1 is 1.03 bits per heavy atom. The Labute approximate surface area is 190 Å². The highest BCUT2D eigenvalue weighted by Gasteiger charge is 2.34. The van der Waals surface area contributed by atoms with Gasteiger partial charge in [-0.25, -0.2) is 0 Å². The molecule has 5 rings (SSSR count). The van der Waals surface area contributed by atoms with E-state index in [1.54, 1.807) is 7.20 Å². The number of likely N-dealkylation sites (N-methyl/N-ethyl adjacent to an activating group) is 2. The number of hydrogen-bond donors (Lipinski definition) is 1. The third kappa shape index (κ3) is 3.89. The number of fused-ring (bicyclic) bond motifs is 1. The van der Waals surface area contributed by atoms with Crippen molar-refractivity contribution in [2.45, 2.75) is 38.3 Å². The van der Waals surface area contributed by atoms with Crippen molar-refractivity contribution in [3.05, 3.63) is 51.4 Å². The highest BCUT2D eigenvalue weighted by atomic mass is 127. The molecule has 0 radical (unpaired) electrons. The first-order chi connectivity index (χ1) is 14.6. The summed E-state index contributed by atoms with van der Waals surface area (Å²) in [5.74, 6) is 0. The van der Waals surface area contributed by atoms with Gasteiger partial charge in [-0.05, 0) is 70.1 Å². The van der Waals surface area contributed by atoms with Gasteiger partial charge < -0.3 is 15.1 Å². The van der Waals surface area contributed by atoms with Crippen molar-refractivity contribution in [1.29, 1.82) is 0 Å². The molecule has 1 N–H and O–H groups in total. The number of pyridine rings is 1. The molecular formula is C24H32IN5. The molecule has 30 heavy (non-hydrogen) atoms. The maximum Gasteiger partial charge on any atom is 0.0755 e. The second-order valence-corrected chi connectivity index (χ2v) is 11.7. The molecule has 2 saturated heterocycles. The van der Waals surface area contributed by atoms with Gasteiger partial charge in [0.2, 0.25) is 0 Å². The quantitative estimate of drug-likeness (QED) is 0.622. The number of para-hydroxylation sites is 1. The van der Waals surface area contributed by atoms with Gasteiger partial charge in [0.1, 0.15) is 0 Å². The van der Waals surface area contributed by atoms with Crippen LogP contribution < -0.4 is 10.2 Å². The lowest BCUT2D eigenvalue weighted by Crippen LogP contribution is -2.46. The Morgan fingerprint density at radius 3 is 2.63 bits per heavy atom. The van der Waals surface area contributed by atoms with Crippen LogP contribution >= 0.6 is 20.7 Å². The van der Waals surface area contributed by atoms with E-state index in [0.29, 0.717) is 12.1 Å². The number of aromatic nitrogens is 1. The summed E-state index contributed by atoms with van der Waals surface area (Å²) in [5, 5.41) is 3.94. The minimum atomic E-state index is -0.134. The van der Waals surface area contributed by atoms with Crippen LogP contribution in [0.5, 0.6) is 0 Å². The van der Waals surface area contributed by atoms with Crippen molar-refractivity contribution in [3.63, 3.8) is 0 Å². The van der Waals surface area contributed by atoms with Gasteiger partial charge in [0.05, 0.1) is 32.8 Å². The van der Waals surface area contributed by atoms with E-state index >= 15 is 0 Å². The van der Waals surface area contributed by atoms with Crippen LogP contribution in [0.3, 0.4) is 0 Å². The Morgan fingerprint density at radius 2 is 1.83 bits per heavy atom. The summed E-state index contributed by atoms with van der Waals surface area (Å²) in [6, 6.07) is 12.2. The van der Waals surface area contributed by atoms with E-state index in [2.05, 4.69) is 71.4 Å². The maximum absolute atomic E-state index is 4.72. The zero-order valence-corrected chi connectivity index (χ0v) is 20.4. The normalized spacial score (nSPS) is 25.3. The average molecular weight is 517 g/mol. The minimum Gasteiger partial charge on any atom is -0.367 e. The van der Waals surface area contributed by atoms with Gasteiger partial charge in [-0.15, -0.1) is 0 Å². The molecule has 0 unspecified atom stereocenters. The summed E-state index contributed by atoms with van der Waals surface area (Å²) >= 11 is -0.134. The van der Waals surface area contributed by atoms with E-state index in [1.807, 2.05) is 6.20 Å². The molecule has 3 aliphatic heterocycles. The fourth-order valence-corrected chi connectivity index (χ4v) is 8.17. The first-order valence-corrected chi connectivity index (χ1v) is 13.3. The van der Waals surface area contributed by atoms with Crippen molar-refractivity contribution < 1.29 is 0 Å². The fourth-order valence-electron chi connectivity index (χ4n) is 4.96. The van der Waals surface area contributed by atoms with Crippen LogP contribution in [0, 0.1) is 10.5 Å². The molecule has 2 atom stereocenters. The zero-order chi connectivity index (χ0) is 20.7. The fraction of sp³-hybridized carbons (Fsp3) is 0.500. The number of nitrogens with one attached hydrogen (secondary N) is 1. The maximum atomic E-state index is 4.72. The molecule has 6 heteroatoms. The van der Waals surface area contributed by atoms with Gasteiger partial charge >= 0.3 is 0 Å². The molecule has 2 aromatic rings. The third-order valence-corrected chi connectivity index (χ3v) is 9.84. The molecule has 2 fully saturated rings. The number of piperidine rings is 1. The molecule has 0 bridgehead atoms.